The van der Waals surface area contributed by atoms with E-state index >= 15 is 0 Å². The Morgan fingerprint density at radius 3 is 1.11 bits per heavy atom. The van der Waals surface area contributed by atoms with Crippen LogP contribution in [0.1, 0.15) is 90.8 Å². The van der Waals surface area contributed by atoms with Crippen LogP contribution >= 0.6 is 0 Å². The highest BCUT2D eigenvalue weighted by molar-refractivity contribution is 5.95. The van der Waals surface area contributed by atoms with Crippen LogP contribution in [0.2, 0.25) is 0 Å². The third-order valence-electron chi connectivity index (χ3n) is 16.3. The molecule has 4 amide bonds. The van der Waals surface area contributed by atoms with E-state index in [1.54, 1.807) is 25.7 Å². The molecule has 12 rings (SSSR count). The second-order valence-corrected chi connectivity index (χ2v) is 25.5. The van der Waals surface area contributed by atoms with Crippen molar-refractivity contribution >= 4 is 47.0 Å². The molecule has 3 saturated heterocycles. The number of anilines is 3. The number of nitrogens with zero attached hydrogens (tertiary/aromatic N) is 2. The van der Waals surface area contributed by atoms with Crippen molar-refractivity contribution in [2.24, 2.45) is 17.8 Å². The minimum Gasteiger partial charge on any atom is -0.481 e. The second-order valence-electron chi connectivity index (χ2n) is 25.5. The number of nitrogens with one attached hydrogen (secondary N) is 3. The van der Waals surface area contributed by atoms with Gasteiger partial charge in [-0.25, -0.2) is 9.59 Å². The maximum Gasteiger partial charge on any atom is 0.410 e. The summed E-state index contributed by atoms with van der Waals surface area (Å²) < 4.78 is 10.9. The molecular formula is C81H92N6O8. The Kier molecular flexibility index (Phi) is 25.8. The molecule has 0 saturated carbocycles. The molecule has 3 heterocycles. The van der Waals surface area contributed by atoms with Crippen LogP contribution in [0.3, 0.4) is 0 Å². The van der Waals surface area contributed by atoms with Crippen molar-refractivity contribution in [2.75, 3.05) is 55.6 Å². The van der Waals surface area contributed by atoms with Crippen LogP contribution in [0.4, 0.5) is 26.7 Å². The number of rotatable bonds is 11. The van der Waals surface area contributed by atoms with Gasteiger partial charge in [0.2, 0.25) is 11.8 Å². The van der Waals surface area contributed by atoms with Crippen molar-refractivity contribution in [3.8, 4) is 33.4 Å². The summed E-state index contributed by atoms with van der Waals surface area (Å²) in [6, 6.07) is 83.9. The van der Waals surface area contributed by atoms with Crippen molar-refractivity contribution in [1.82, 2.24) is 15.1 Å². The summed E-state index contributed by atoms with van der Waals surface area (Å²) >= 11 is 0. The third-order valence-corrected chi connectivity index (χ3v) is 16.3. The maximum absolute atomic E-state index is 13.4. The molecule has 3 fully saturated rings. The van der Waals surface area contributed by atoms with Gasteiger partial charge in [0, 0.05) is 74.1 Å². The number of nitrogens with two attached hydrogens (primary N) is 1. The number of amides is 4. The van der Waals surface area contributed by atoms with Gasteiger partial charge in [0.05, 0.1) is 17.8 Å². The highest BCUT2D eigenvalue weighted by Gasteiger charge is 2.43. The van der Waals surface area contributed by atoms with Gasteiger partial charge in [-0.1, -0.05) is 233 Å². The molecule has 14 nitrogen and oxygen atoms in total. The average molecular weight is 1280 g/mol. The lowest BCUT2D eigenvalue weighted by atomic mass is 9.88. The minimum absolute atomic E-state index is 0. The standard InChI is InChI=1S/C28H30N2O3.C23H22N2O.C16H21NO4.C12H11N.2CH4/c1-28(2,3)33-27(32)30-18-24(21-13-8-5-9-14-21)25(19-30)26(31)29-23-16-10-15-22(17-23)20-11-6-4-7-12-20;26-23(22-16-24-15-21(22)18-10-5-2-6-11-18)25-20-13-7-12-19(14-20)17-8-3-1-4-9-17;1-16(2,3)21-15(20)17-9-12(13(10-17)14(18)19)11-7-5-4-6-8-11;13-12-8-4-7-11(9-12)10-5-2-1-3-6-10;;/h4-17,24-25H,18-19H2,1-3H3,(H,29,31);1-14,21-22,24H,15-16H2,(H,25,26);4-8,12-13H,9-10H2,1-3H3,(H,18,19);1-9H,13H2;2*1H4/t24-,25+;21-,22+;12-,13+;;;/m000.../s1. The lowest BCUT2D eigenvalue weighted by Crippen LogP contribution is -2.36. The number of likely N-dealkylation sites (tertiary alicyclic amines) is 2. The first kappa shape index (κ1) is 72.1. The average Bonchev–Trinajstić information content (AvgIpc) is 1.71. The summed E-state index contributed by atoms with van der Waals surface area (Å²) in [5.74, 6) is -2.01. The lowest BCUT2D eigenvalue weighted by molar-refractivity contribution is -0.141. The molecule has 95 heavy (non-hydrogen) atoms. The van der Waals surface area contributed by atoms with Gasteiger partial charge in [-0.3, -0.25) is 14.4 Å². The van der Waals surface area contributed by atoms with E-state index in [1.165, 1.54) is 21.6 Å². The molecule has 3 aliphatic heterocycles. The fraction of sp³-hybridized carbons (Fsp3) is 0.272. The van der Waals surface area contributed by atoms with Crippen molar-refractivity contribution < 1.29 is 38.6 Å². The van der Waals surface area contributed by atoms with Crippen molar-refractivity contribution in [3.05, 3.63) is 271 Å². The van der Waals surface area contributed by atoms with E-state index in [0.717, 1.165) is 57.0 Å². The van der Waals surface area contributed by atoms with Crippen LogP contribution in [0.25, 0.3) is 33.4 Å². The summed E-state index contributed by atoms with van der Waals surface area (Å²) in [4.78, 5) is 65.8. The number of aliphatic carboxylic acids is 1. The SMILES string of the molecule is C.C.CC(C)(C)OC(=O)N1C[C@@H](C(=O)Nc2cccc(-c3ccccc3)c2)[C@H](c2ccccc2)C1.CC(C)(C)OC(=O)N1C[C@@H](C(=O)O)[C@H](c2ccccc2)C1.Nc1cccc(-c2ccccc2)c1.O=C(Nc1cccc(-c2ccccc2)c1)[C@@H]1CNC[C@H]1c1ccccc1. The number of carbonyl (C=O) groups is 5. The number of carboxylic acid groups (broad SMARTS) is 1. The van der Waals surface area contributed by atoms with Gasteiger partial charge in [-0.05, 0) is 128 Å². The molecule has 0 bridgehead atoms. The Labute approximate surface area is 561 Å². The van der Waals surface area contributed by atoms with Crippen molar-refractivity contribution in [2.45, 2.75) is 85.4 Å². The highest BCUT2D eigenvalue weighted by atomic mass is 16.6. The molecule has 9 aromatic rings. The van der Waals surface area contributed by atoms with E-state index in [9.17, 15) is 29.1 Å². The van der Waals surface area contributed by atoms with E-state index in [-0.39, 0.29) is 68.9 Å². The second kappa shape index (κ2) is 34.0. The number of carboxylic acids is 1. The molecule has 9 aromatic carbocycles. The van der Waals surface area contributed by atoms with Gasteiger partial charge in [-0.2, -0.15) is 0 Å². The summed E-state index contributed by atoms with van der Waals surface area (Å²) in [5.41, 5.74) is 16.9. The molecule has 6 atom stereocenters. The van der Waals surface area contributed by atoms with Gasteiger partial charge < -0.3 is 46.1 Å². The van der Waals surface area contributed by atoms with E-state index in [0.29, 0.717) is 26.2 Å². The van der Waals surface area contributed by atoms with Crippen LogP contribution in [0.15, 0.2) is 255 Å². The predicted molar refractivity (Wildman–Crippen MR) is 385 cm³/mol. The summed E-state index contributed by atoms with van der Waals surface area (Å²) in [6.07, 6.45) is -0.836. The van der Waals surface area contributed by atoms with E-state index in [4.69, 9.17) is 15.2 Å². The fourth-order valence-electron chi connectivity index (χ4n) is 11.8. The maximum atomic E-state index is 13.4. The molecule has 0 unspecified atom stereocenters. The first-order chi connectivity index (χ1) is 44.7. The Bertz CT molecular complexity index is 3880. The molecule has 6 N–H and O–H groups in total. The predicted octanol–water partition coefficient (Wildman–Crippen LogP) is 17.2. The van der Waals surface area contributed by atoms with Gasteiger partial charge in [-0.15, -0.1) is 0 Å². The van der Waals surface area contributed by atoms with Gasteiger partial charge in [0.1, 0.15) is 11.2 Å². The highest BCUT2D eigenvalue weighted by Crippen LogP contribution is 2.37. The smallest absolute Gasteiger partial charge is 0.410 e. The Hall–Kier alpha value is -10.3. The van der Waals surface area contributed by atoms with Crippen molar-refractivity contribution in [1.29, 1.82) is 0 Å². The van der Waals surface area contributed by atoms with Gasteiger partial charge in [0.15, 0.2) is 0 Å². The topological polar surface area (TPSA) is 193 Å². The van der Waals surface area contributed by atoms with E-state index in [1.807, 2.05) is 227 Å². The number of hydrogen-bond donors (Lipinski definition) is 5. The molecule has 14 heteroatoms. The molecule has 0 aliphatic carbocycles. The van der Waals surface area contributed by atoms with Crippen LogP contribution in [-0.2, 0) is 23.9 Å². The number of ether oxygens (including phenoxy) is 2. The molecule has 0 radical (unpaired) electrons. The molecule has 0 spiro atoms. The van der Waals surface area contributed by atoms with Gasteiger partial charge >= 0.3 is 18.2 Å². The van der Waals surface area contributed by atoms with Crippen LogP contribution in [-0.4, -0.2) is 95.3 Å². The molecule has 0 aromatic heterocycles. The summed E-state index contributed by atoms with van der Waals surface area (Å²) in [6.45, 7) is 13.8. The van der Waals surface area contributed by atoms with Gasteiger partial charge in [0.25, 0.3) is 0 Å². The number of hydrogen-bond acceptors (Lipinski definition) is 9. The molecule has 494 valence electrons. The summed E-state index contributed by atoms with van der Waals surface area (Å²) in [7, 11) is 0. The van der Waals surface area contributed by atoms with Crippen LogP contribution in [0, 0.1) is 17.8 Å². The largest absolute Gasteiger partial charge is 0.481 e. The molecular weight excluding hydrogens is 1180 g/mol. The zero-order valence-corrected chi connectivity index (χ0v) is 53.7. The molecule has 3 aliphatic rings. The zero-order chi connectivity index (χ0) is 65.9. The number of carbonyl (C=O) groups excluding carboxylic acids is 4. The zero-order valence-electron chi connectivity index (χ0n) is 53.7. The van der Waals surface area contributed by atoms with E-state index in [2.05, 4.69) is 64.5 Å². The monoisotopic (exact) mass is 1280 g/mol. The van der Waals surface area contributed by atoms with Crippen LogP contribution < -0.4 is 21.7 Å². The number of benzene rings is 9. The summed E-state index contributed by atoms with van der Waals surface area (Å²) in [5, 5.41) is 19.0. The minimum atomic E-state index is -0.880. The Morgan fingerprint density at radius 2 is 0.726 bits per heavy atom. The first-order valence-corrected chi connectivity index (χ1v) is 31.6. The van der Waals surface area contributed by atoms with E-state index < -0.39 is 29.2 Å². The third kappa shape index (κ3) is 20.8. The van der Waals surface area contributed by atoms with Crippen molar-refractivity contribution in [3.63, 3.8) is 0 Å². The Balaban J connectivity index is 0.000000185. The lowest BCUT2D eigenvalue weighted by Gasteiger charge is -2.24. The fourth-order valence-corrected chi connectivity index (χ4v) is 11.8. The Morgan fingerprint density at radius 1 is 0.400 bits per heavy atom. The van der Waals surface area contributed by atoms with Crippen LogP contribution in [0.5, 0.6) is 0 Å². The number of nitrogen functional groups attached to an aromatic ring is 1. The quantitative estimate of drug-likeness (QED) is 0.0779. The normalized spacial score (nSPS) is 17.8. The first-order valence-electron chi connectivity index (χ1n) is 31.6.